The van der Waals surface area contributed by atoms with Gasteiger partial charge in [-0.25, -0.2) is 4.98 Å². The summed E-state index contributed by atoms with van der Waals surface area (Å²) in [6.07, 6.45) is 4.19. The summed E-state index contributed by atoms with van der Waals surface area (Å²) in [6, 6.07) is 3.44. The molecule has 0 spiro atoms. The maximum Gasteiger partial charge on any atom is 0.289 e. The normalized spacial score (nSPS) is 14.6. The molecule has 0 N–H and O–H groups in total. The van der Waals surface area contributed by atoms with Gasteiger partial charge < -0.3 is 13.9 Å². The number of hydrogen-bond donors (Lipinski definition) is 0. The molecule has 94 valence electrons. The Balaban J connectivity index is 1.84. The molecule has 0 saturated carbocycles. The van der Waals surface area contributed by atoms with Crippen LogP contribution in [0.5, 0.6) is 0 Å². The van der Waals surface area contributed by atoms with Gasteiger partial charge in [0.05, 0.1) is 30.5 Å². The zero-order chi connectivity index (χ0) is 12.5. The molecule has 0 aliphatic carbocycles. The smallest absolute Gasteiger partial charge is 0.289 e. The van der Waals surface area contributed by atoms with E-state index >= 15 is 0 Å². The second kappa shape index (κ2) is 4.33. The fourth-order valence-corrected chi connectivity index (χ4v) is 2.34. The summed E-state index contributed by atoms with van der Waals surface area (Å²) in [4.78, 5) is 18.4. The van der Waals surface area contributed by atoms with E-state index in [1.807, 2.05) is 11.2 Å². The van der Waals surface area contributed by atoms with Gasteiger partial charge in [-0.05, 0) is 19.1 Å². The van der Waals surface area contributed by atoms with Crippen molar-refractivity contribution in [2.24, 2.45) is 0 Å². The molecule has 0 aromatic carbocycles. The molecule has 1 aliphatic rings. The molecule has 18 heavy (non-hydrogen) atoms. The van der Waals surface area contributed by atoms with E-state index in [1.165, 1.54) is 6.26 Å². The maximum absolute atomic E-state index is 12.2. The Morgan fingerprint density at radius 1 is 1.56 bits per heavy atom. The van der Waals surface area contributed by atoms with Crippen molar-refractivity contribution in [3.8, 4) is 0 Å². The number of nitrogens with zero attached hydrogens (tertiary/aromatic N) is 3. The van der Waals surface area contributed by atoms with Gasteiger partial charge in [0.25, 0.3) is 5.91 Å². The monoisotopic (exact) mass is 245 g/mol. The predicted molar refractivity (Wildman–Crippen MR) is 65.1 cm³/mol. The van der Waals surface area contributed by atoms with E-state index in [4.69, 9.17) is 4.42 Å². The number of hydrogen-bond acceptors (Lipinski definition) is 3. The van der Waals surface area contributed by atoms with Crippen LogP contribution in [-0.2, 0) is 19.5 Å². The van der Waals surface area contributed by atoms with Crippen LogP contribution in [0, 0.1) is 0 Å². The molecular formula is C13H15N3O2. The quantitative estimate of drug-likeness (QED) is 0.809. The van der Waals surface area contributed by atoms with Crippen molar-refractivity contribution in [2.45, 2.75) is 26.4 Å². The van der Waals surface area contributed by atoms with Crippen molar-refractivity contribution >= 4 is 5.91 Å². The summed E-state index contributed by atoms with van der Waals surface area (Å²) in [6.45, 7) is 4.27. The van der Waals surface area contributed by atoms with Crippen LogP contribution >= 0.6 is 0 Å². The fraction of sp³-hybridized carbons (Fsp3) is 0.385. The average molecular weight is 245 g/mol. The number of imidazole rings is 1. The van der Waals surface area contributed by atoms with Crippen molar-refractivity contribution in [3.05, 3.63) is 41.9 Å². The number of aryl methyl sites for hydroxylation is 1. The molecule has 0 atom stereocenters. The highest BCUT2D eigenvalue weighted by molar-refractivity contribution is 5.91. The van der Waals surface area contributed by atoms with Crippen molar-refractivity contribution in [2.75, 3.05) is 6.54 Å². The number of furan rings is 1. The molecule has 5 nitrogen and oxygen atoms in total. The third-order valence-corrected chi connectivity index (χ3v) is 3.35. The van der Waals surface area contributed by atoms with Gasteiger partial charge in [-0.2, -0.15) is 0 Å². The second-order valence-electron chi connectivity index (χ2n) is 4.38. The first-order chi connectivity index (χ1) is 8.79. The van der Waals surface area contributed by atoms with Crippen molar-refractivity contribution in [1.82, 2.24) is 14.5 Å². The first-order valence-electron chi connectivity index (χ1n) is 6.15. The Bertz CT molecular complexity index is 543. The number of amides is 1. The largest absolute Gasteiger partial charge is 0.459 e. The third kappa shape index (κ3) is 1.72. The highest BCUT2D eigenvalue weighted by Crippen LogP contribution is 2.19. The molecule has 0 fully saturated rings. The molecule has 1 amide bonds. The van der Waals surface area contributed by atoms with E-state index < -0.39 is 0 Å². The lowest BCUT2D eigenvalue weighted by molar-refractivity contribution is 0.0697. The first-order valence-corrected chi connectivity index (χ1v) is 6.15. The molecule has 3 rings (SSSR count). The molecule has 0 unspecified atom stereocenters. The third-order valence-electron chi connectivity index (χ3n) is 3.35. The van der Waals surface area contributed by atoms with Crippen LogP contribution in [0.15, 0.2) is 29.1 Å². The molecule has 2 aromatic rings. The Morgan fingerprint density at radius 2 is 2.44 bits per heavy atom. The fourth-order valence-electron chi connectivity index (χ4n) is 2.34. The molecule has 5 heteroatoms. The Hall–Kier alpha value is -2.04. The van der Waals surface area contributed by atoms with Crippen molar-refractivity contribution in [3.63, 3.8) is 0 Å². The molecule has 0 saturated heterocycles. The minimum absolute atomic E-state index is 0.0468. The second-order valence-corrected chi connectivity index (χ2v) is 4.38. The van der Waals surface area contributed by atoms with Gasteiger partial charge in [-0.3, -0.25) is 4.79 Å². The van der Waals surface area contributed by atoms with Crippen LogP contribution in [-0.4, -0.2) is 26.9 Å². The van der Waals surface area contributed by atoms with Crippen molar-refractivity contribution < 1.29 is 9.21 Å². The zero-order valence-corrected chi connectivity index (χ0v) is 10.3. The van der Waals surface area contributed by atoms with Crippen LogP contribution in [0.1, 0.15) is 28.9 Å². The number of fused-ring (bicyclic) bond motifs is 1. The van der Waals surface area contributed by atoms with Crippen LogP contribution in [0.3, 0.4) is 0 Å². The van der Waals surface area contributed by atoms with E-state index in [0.29, 0.717) is 18.8 Å². The van der Waals surface area contributed by atoms with Gasteiger partial charge >= 0.3 is 0 Å². The lowest BCUT2D eigenvalue weighted by Gasteiger charge is -2.26. The van der Waals surface area contributed by atoms with Gasteiger partial charge in [0.1, 0.15) is 0 Å². The lowest BCUT2D eigenvalue weighted by Crippen LogP contribution is -2.36. The number of rotatable bonds is 2. The van der Waals surface area contributed by atoms with E-state index in [1.54, 1.807) is 12.1 Å². The van der Waals surface area contributed by atoms with E-state index in [9.17, 15) is 4.79 Å². The molecule has 1 aliphatic heterocycles. The number of aromatic nitrogens is 2. The van der Waals surface area contributed by atoms with Gasteiger partial charge in [0.2, 0.25) is 0 Å². The van der Waals surface area contributed by atoms with E-state index in [-0.39, 0.29) is 5.91 Å². The Kier molecular flexibility index (Phi) is 2.66. The standard InChI is InChI=1S/C13H15N3O2/c1-2-15-9-14-10-5-6-16(8-11(10)15)13(17)12-4-3-7-18-12/h3-4,7,9H,2,5-6,8H2,1H3. The molecule has 0 radical (unpaired) electrons. The summed E-state index contributed by atoms with van der Waals surface area (Å²) >= 11 is 0. The topological polar surface area (TPSA) is 51.3 Å². The summed E-state index contributed by atoms with van der Waals surface area (Å²) in [5.41, 5.74) is 2.25. The van der Waals surface area contributed by atoms with Gasteiger partial charge in [-0.15, -0.1) is 0 Å². The Labute approximate surface area is 105 Å². The van der Waals surface area contributed by atoms with Gasteiger partial charge in [-0.1, -0.05) is 0 Å². The SMILES string of the molecule is CCn1cnc2c1CN(C(=O)c1ccco1)CC2. The lowest BCUT2D eigenvalue weighted by atomic mass is 10.1. The summed E-state index contributed by atoms with van der Waals surface area (Å²) in [7, 11) is 0. The minimum Gasteiger partial charge on any atom is -0.459 e. The van der Waals surface area contributed by atoms with Gasteiger partial charge in [0, 0.05) is 19.5 Å². The number of carbonyl (C=O) groups is 1. The van der Waals surface area contributed by atoms with E-state index in [2.05, 4.69) is 16.5 Å². The number of carbonyl (C=O) groups excluding carboxylic acids is 1. The first kappa shape index (κ1) is 11.1. The molecule has 2 aromatic heterocycles. The highest BCUT2D eigenvalue weighted by atomic mass is 16.3. The van der Waals surface area contributed by atoms with E-state index in [0.717, 1.165) is 24.4 Å². The molecule has 0 bridgehead atoms. The van der Waals surface area contributed by atoms with Crippen LogP contribution < -0.4 is 0 Å². The predicted octanol–water partition coefficient (Wildman–Crippen LogP) is 1.69. The molecule has 3 heterocycles. The summed E-state index contributed by atoms with van der Waals surface area (Å²) < 4.78 is 7.26. The summed E-state index contributed by atoms with van der Waals surface area (Å²) in [5, 5.41) is 0. The zero-order valence-electron chi connectivity index (χ0n) is 10.3. The van der Waals surface area contributed by atoms with Crippen LogP contribution in [0.25, 0.3) is 0 Å². The van der Waals surface area contributed by atoms with Crippen molar-refractivity contribution in [1.29, 1.82) is 0 Å². The van der Waals surface area contributed by atoms with Crippen LogP contribution in [0.4, 0.5) is 0 Å². The Morgan fingerprint density at radius 3 is 3.17 bits per heavy atom. The maximum atomic E-state index is 12.2. The average Bonchev–Trinajstić information content (AvgIpc) is 3.06. The minimum atomic E-state index is -0.0468. The molecular weight excluding hydrogens is 230 g/mol. The summed E-state index contributed by atoms with van der Waals surface area (Å²) in [5.74, 6) is 0.357. The van der Waals surface area contributed by atoms with Crippen LogP contribution in [0.2, 0.25) is 0 Å². The van der Waals surface area contributed by atoms with Gasteiger partial charge in [0.15, 0.2) is 5.76 Å². The highest BCUT2D eigenvalue weighted by Gasteiger charge is 2.25.